The highest BCUT2D eigenvalue weighted by Gasteiger charge is 2.26. The number of morpholine rings is 1. The van der Waals surface area contributed by atoms with Crippen LogP contribution in [0, 0.1) is 0 Å². The highest BCUT2D eigenvalue weighted by molar-refractivity contribution is 6.01. The number of aromatic hydroxyl groups is 1. The van der Waals surface area contributed by atoms with Crippen LogP contribution in [0.25, 0.3) is 10.8 Å². The molecule has 2 N–H and O–H groups in total. The maximum Gasteiger partial charge on any atom is 0.255 e. The molecule has 3 rings (SSSR count). The number of phenolic OH excluding ortho intramolecular Hbond substituents is 1. The van der Waals surface area contributed by atoms with Crippen LogP contribution in [0.15, 0.2) is 36.4 Å². The lowest BCUT2D eigenvalue weighted by Gasteiger charge is -2.39. The number of phenols is 1. The normalized spacial score (nSPS) is 22.7. The molecule has 5 heteroatoms. The first-order chi connectivity index (χ1) is 11.9. The Hall–Kier alpha value is -2.11. The summed E-state index contributed by atoms with van der Waals surface area (Å²) in [6, 6.07) is 11.3. The molecule has 3 atom stereocenters. The Bertz CT molecular complexity index is 752. The second kappa shape index (κ2) is 7.42. The summed E-state index contributed by atoms with van der Waals surface area (Å²) in [4.78, 5) is 14.8. The summed E-state index contributed by atoms with van der Waals surface area (Å²) in [5.41, 5.74) is 0.314. The molecule has 25 heavy (non-hydrogen) atoms. The molecule has 2 aromatic rings. The van der Waals surface area contributed by atoms with Crippen LogP contribution in [0.2, 0.25) is 0 Å². The topological polar surface area (TPSA) is 61.8 Å². The van der Waals surface area contributed by atoms with Crippen molar-refractivity contribution >= 4 is 16.7 Å². The Kier molecular flexibility index (Phi) is 5.25. The van der Waals surface area contributed by atoms with Crippen LogP contribution in [0.4, 0.5) is 0 Å². The van der Waals surface area contributed by atoms with E-state index in [9.17, 15) is 9.90 Å². The molecule has 1 saturated heterocycles. The summed E-state index contributed by atoms with van der Waals surface area (Å²) in [6.45, 7) is 8.50. The van der Waals surface area contributed by atoms with Gasteiger partial charge in [-0.25, -0.2) is 0 Å². The van der Waals surface area contributed by atoms with Gasteiger partial charge in [0.05, 0.1) is 17.8 Å². The zero-order valence-corrected chi connectivity index (χ0v) is 15.0. The van der Waals surface area contributed by atoms with Gasteiger partial charge in [0.1, 0.15) is 5.75 Å². The van der Waals surface area contributed by atoms with Crippen molar-refractivity contribution in [2.45, 2.75) is 39.0 Å². The maximum atomic E-state index is 12.5. The van der Waals surface area contributed by atoms with Crippen molar-refractivity contribution in [3.63, 3.8) is 0 Å². The quantitative estimate of drug-likeness (QED) is 0.897. The van der Waals surface area contributed by atoms with Crippen LogP contribution >= 0.6 is 0 Å². The van der Waals surface area contributed by atoms with Gasteiger partial charge in [-0.1, -0.05) is 24.3 Å². The van der Waals surface area contributed by atoms with Crippen molar-refractivity contribution in [2.75, 3.05) is 19.6 Å². The maximum absolute atomic E-state index is 12.5. The second-order valence-corrected chi connectivity index (χ2v) is 6.99. The Labute approximate surface area is 148 Å². The van der Waals surface area contributed by atoms with Crippen molar-refractivity contribution in [1.82, 2.24) is 10.2 Å². The average molecular weight is 342 g/mol. The van der Waals surface area contributed by atoms with Crippen molar-refractivity contribution in [3.05, 3.63) is 42.0 Å². The van der Waals surface area contributed by atoms with E-state index in [2.05, 4.69) is 31.0 Å². The fraction of sp³-hybridized carbons (Fsp3) is 0.450. The molecule has 1 fully saturated rings. The van der Waals surface area contributed by atoms with Gasteiger partial charge in [0.2, 0.25) is 0 Å². The molecule has 0 saturated carbocycles. The molecule has 0 spiro atoms. The molecular formula is C20H26N2O3. The van der Waals surface area contributed by atoms with Gasteiger partial charge in [-0.05, 0) is 43.7 Å². The van der Waals surface area contributed by atoms with Crippen LogP contribution < -0.4 is 5.32 Å². The van der Waals surface area contributed by atoms with Crippen LogP contribution in [0.1, 0.15) is 31.1 Å². The first kappa shape index (κ1) is 17.7. The minimum absolute atomic E-state index is 0.0115. The number of amides is 1. The number of ether oxygens (including phenoxy) is 1. The fourth-order valence-electron chi connectivity index (χ4n) is 3.45. The zero-order valence-electron chi connectivity index (χ0n) is 15.0. The molecule has 0 unspecified atom stereocenters. The summed E-state index contributed by atoms with van der Waals surface area (Å²) >= 11 is 0. The van der Waals surface area contributed by atoms with E-state index in [4.69, 9.17) is 4.74 Å². The molecule has 1 heterocycles. The van der Waals surface area contributed by atoms with Crippen LogP contribution in [-0.2, 0) is 4.74 Å². The first-order valence-electron chi connectivity index (χ1n) is 8.83. The number of hydrogen-bond donors (Lipinski definition) is 2. The minimum atomic E-state index is -0.246. The molecular weight excluding hydrogens is 316 g/mol. The van der Waals surface area contributed by atoms with Gasteiger partial charge in [0, 0.05) is 25.7 Å². The number of nitrogens with zero attached hydrogens (tertiary/aromatic N) is 1. The van der Waals surface area contributed by atoms with Crippen molar-refractivity contribution in [1.29, 1.82) is 0 Å². The SMILES string of the molecule is C[C@@H]1CN([C@@H](C)CNC(=O)c2cc3ccccc3cc2O)C[C@@H](C)O1. The summed E-state index contributed by atoms with van der Waals surface area (Å²) in [5, 5.41) is 15.0. The van der Waals surface area contributed by atoms with Crippen molar-refractivity contribution in [2.24, 2.45) is 0 Å². The van der Waals surface area contributed by atoms with Crippen LogP contribution in [-0.4, -0.2) is 53.8 Å². The molecule has 2 aromatic carbocycles. The van der Waals surface area contributed by atoms with Gasteiger partial charge < -0.3 is 15.2 Å². The molecule has 0 aromatic heterocycles. The van der Waals surface area contributed by atoms with Gasteiger partial charge >= 0.3 is 0 Å². The summed E-state index contributed by atoms with van der Waals surface area (Å²) in [6.07, 6.45) is 0.401. The molecule has 5 nitrogen and oxygen atoms in total. The summed E-state index contributed by atoms with van der Waals surface area (Å²) in [5.74, 6) is -0.234. The third-order valence-corrected chi connectivity index (χ3v) is 4.74. The Morgan fingerprint density at radius 1 is 1.24 bits per heavy atom. The van der Waals surface area contributed by atoms with E-state index in [0.29, 0.717) is 12.1 Å². The predicted octanol–water partition coefficient (Wildman–Crippen LogP) is 2.77. The number of carbonyl (C=O) groups excluding carboxylic acids is 1. The van der Waals surface area contributed by atoms with Crippen LogP contribution in [0.5, 0.6) is 5.75 Å². The first-order valence-corrected chi connectivity index (χ1v) is 8.83. The number of hydrogen-bond acceptors (Lipinski definition) is 4. The lowest BCUT2D eigenvalue weighted by Crippen LogP contribution is -2.52. The van der Waals surface area contributed by atoms with Gasteiger partial charge in [-0.3, -0.25) is 9.69 Å². The Balaban J connectivity index is 1.65. The fourth-order valence-corrected chi connectivity index (χ4v) is 3.45. The zero-order chi connectivity index (χ0) is 18.0. The molecule has 1 aliphatic heterocycles. The smallest absolute Gasteiger partial charge is 0.255 e. The summed E-state index contributed by atoms with van der Waals surface area (Å²) < 4.78 is 5.76. The molecule has 0 radical (unpaired) electrons. The van der Waals surface area contributed by atoms with E-state index >= 15 is 0 Å². The lowest BCUT2D eigenvalue weighted by molar-refractivity contribution is -0.0778. The van der Waals surface area contributed by atoms with Gasteiger partial charge in [0.15, 0.2) is 0 Å². The highest BCUT2D eigenvalue weighted by Crippen LogP contribution is 2.25. The van der Waals surface area contributed by atoms with E-state index in [1.165, 1.54) is 0 Å². The van der Waals surface area contributed by atoms with E-state index in [1.54, 1.807) is 12.1 Å². The molecule has 134 valence electrons. The number of nitrogens with one attached hydrogen (secondary N) is 1. The van der Waals surface area contributed by atoms with Crippen LogP contribution in [0.3, 0.4) is 0 Å². The molecule has 0 bridgehead atoms. The predicted molar refractivity (Wildman–Crippen MR) is 99.0 cm³/mol. The van der Waals surface area contributed by atoms with Gasteiger partial charge in [0.25, 0.3) is 5.91 Å². The number of benzene rings is 2. The number of rotatable bonds is 4. The lowest BCUT2D eigenvalue weighted by atomic mass is 10.1. The molecule has 1 amide bonds. The average Bonchev–Trinajstić information content (AvgIpc) is 2.57. The summed E-state index contributed by atoms with van der Waals surface area (Å²) in [7, 11) is 0. The van der Waals surface area contributed by atoms with E-state index in [0.717, 1.165) is 23.9 Å². The molecule has 0 aliphatic carbocycles. The largest absolute Gasteiger partial charge is 0.507 e. The standard InChI is InChI=1S/C20H26N2O3/c1-13(22-11-14(2)25-15(3)12-22)10-21-20(24)18-8-16-6-4-5-7-17(16)9-19(18)23/h4-9,13-15,23H,10-12H2,1-3H3,(H,21,24)/t13-,14+,15+/m0/s1. The second-order valence-electron chi connectivity index (χ2n) is 6.99. The third kappa shape index (κ3) is 4.11. The van der Waals surface area contributed by atoms with E-state index < -0.39 is 0 Å². The van der Waals surface area contributed by atoms with E-state index in [-0.39, 0.29) is 29.9 Å². The van der Waals surface area contributed by atoms with Crippen molar-refractivity contribution < 1.29 is 14.6 Å². The molecule has 1 aliphatic rings. The number of carbonyl (C=O) groups is 1. The van der Waals surface area contributed by atoms with Gasteiger partial charge in [-0.2, -0.15) is 0 Å². The minimum Gasteiger partial charge on any atom is -0.507 e. The van der Waals surface area contributed by atoms with Crippen molar-refractivity contribution in [3.8, 4) is 5.75 Å². The Morgan fingerprint density at radius 3 is 2.48 bits per heavy atom. The third-order valence-electron chi connectivity index (χ3n) is 4.74. The van der Waals surface area contributed by atoms with Gasteiger partial charge in [-0.15, -0.1) is 0 Å². The Morgan fingerprint density at radius 2 is 1.84 bits per heavy atom. The van der Waals surface area contributed by atoms with E-state index in [1.807, 2.05) is 24.3 Å². The number of fused-ring (bicyclic) bond motifs is 1. The monoisotopic (exact) mass is 342 g/mol. The highest BCUT2D eigenvalue weighted by atomic mass is 16.5.